The van der Waals surface area contributed by atoms with Gasteiger partial charge in [0.25, 0.3) is 5.91 Å². The molecule has 116 valence electrons. The Kier molecular flexibility index (Phi) is 4.29. The Bertz CT molecular complexity index is 663. The monoisotopic (exact) mass is 319 g/mol. The smallest absolute Gasteiger partial charge is 0.254 e. The second-order valence-corrected chi connectivity index (χ2v) is 5.87. The van der Waals surface area contributed by atoms with Crippen LogP contribution in [0.4, 0.5) is 5.69 Å². The minimum Gasteiger partial charge on any atom is -0.370 e. The number of nitrogens with zero attached hydrogens (tertiary/aromatic N) is 4. The highest BCUT2D eigenvalue weighted by molar-refractivity contribution is 6.33. The maximum absolute atomic E-state index is 12.1. The van der Waals surface area contributed by atoms with Crippen LogP contribution in [-0.4, -0.2) is 39.8 Å². The van der Waals surface area contributed by atoms with E-state index in [2.05, 4.69) is 20.3 Å². The second kappa shape index (κ2) is 6.36. The summed E-state index contributed by atoms with van der Waals surface area (Å²) in [5.74, 6) is -0.0616. The van der Waals surface area contributed by atoms with Crippen LogP contribution in [0.5, 0.6) is 0 Å². The van der Waals surface area contributed by atoms with Gasteiger partial charge < -0.3 is 10.2 Å². The van der Waals surface area contributed by atoms with E-state index in [1.54, 1.807) is 36.5 Å². The maximum atomic E-state index is 12.1. The number of nitrogens with one attached hydrogen (secondary N) is 1. The van der Waals surface area contributed by atoms with Gasteiger partial charge in [-0.2, -0.15) is 5.10 Å². The van der Waals surface area contributed by atoms with Crippen molar-refractivity contribution in [2.75, 3.05) is 18.0 Å². The van der Waals surface area contributed by atoms with Crippen LogP contribution in [0.1, 0.15) is 23.2 Å². The standard InChI is InChI=1S/C15H18ClN5O/c1-20-10-11(8-18-20)15(22)19-12-3-6-21(7-4-12)14-2-5-17-9-13(14)16/h2,5,8-10,12H,3-4,6-7H2,1H3,(H,19,22). The number of anilines is 1. The van der Waals surface area contributed by atoms with Gasteiger partial charge >= 0.3 is 0 Å². The molecule has 3 rings (SSSR count). The molecule has 6 nitrogen and oxygen atoms in total. The summed E-state index contributed by atoms with van der Waals surface area (Å²) in [5.41, 5.74) is 1.61. The van der Waals surface area contributed by atoms with E-state index in [9.17, 15) is 4.79 Å². The molecule has 1 amide bonds. The first-order valence-electron chi connectivity index (χ1n) is 7.27. The molecule has 1 N–H and O–H groups in total. The van der Waals surface area contributed by atoms with E-state index < -0.39 is 0 Å². The number of hydrogen-bond donors (Lipinski definition) is 1. The molecule has 0 aromatic carbocycles. The van der Waals surface area contributed by atoms with E-state index in [4.69, 9.17) is 11.6 Å². The molecule has 0 aliphatic carbocycles. The van der Waals surface area contributed by atoms with Gasteiger partial charge in [-0.05, 0) is 18.9 Å². The Hall–Kier alpha value is -2.08. The predicted octanol–water partition coefficient (Wildman–Crippen LogP) is 1.87. The lowest BCUT2D eigenvalue weighted by Crippen LogP contribution is -2.44. The van der Waals surface area contributed by atoms with Crippen molar-refractivity contribution < 1.29 is 4.79 Å². The number of aromatic nitrogens is 3. The van der Waals surface area contributed by atoms with Crippen LogP contribution in [0.25, 0.3) is 0 Å². The number of amides is 1. The van der Waals surface area contributed by atoms with Crippen molar-refractivity contribution in [3.05, 3.63) is 41.4 Å². The van der Waals surface area contributed by atoms with Gasteiger partial charge in [0.1, 0.15) is 0 Å². The zero-order chi connectivity index (χ0) is 15.5. The van der Waals surface area contributed by atoms with Gasteiger partial charge in [-0.3, -0.25) is 14.5 Å². The molecule has 0 atom stereocenters. The van der Waals surface area contributed by atoms with Gasteiger partial charge in [-0.1, -0.05) is 11.6 Å². The molecule has 1 aliphatic rings. The SMILES string of the molecule is Cn1cc(C(=O)NC2CCN(c3ccncc3Cl)CC2)cn1. The Morgan fingerprint density at radius 1 is 1.36 bits per heavy atom. The highest BCUT2D eigenvalue weighted by Gasteiger charge is 2.22. The van der Waals surface area contributed by atoms with E-state index in [0.717, 1.165) is 31.6 Å². The van der Waals surface area contributed by atoms with E-state index >= 15 is 0 Å². The van der Waals surface area contributed by atoms with Gasteiger partial charge in [0.15, 0.2) is 0 Å². The van der Waals surface area contributed by atoms with Crippen molar-refractivity contribution in [2.24, 2.45) is 7.05 Å². The molecule has 3 heterocycles. The lowest BCUT2D eigenvalue weighted by Gasteiger charge is -2.34. The van der Waals surface area contributed by atoms with Crippen LogP contribution in [0.2, 0.25) is 5.02 Å². The summed E-state index contributed by atoms with van der Waals surface area (Å²) >= 11 is 6.18. The molecule has 1 saturated heterocycles. The fourth-order valence-electron chi connectivity index (χ4n) is 2.70. The van der Waals surface area contributed by atoms with Crippen LogP contribution >= 0.6 is 11.6 Å². The van der Waals surface area contributed by atoms with Crippen molar-refractivity contribution >= 4 is 23.2 Å². The molecule has 7 heteroatoms. The quantitative estimate of drug-likeness (QED) is 0.938. The number of piperidine rings is 1. The summed E-state index contributed by atoms with van der Waals surface area (Å²) in [7, 11) is 1.80. The third-order valence-corrected chi connectivity index (χ3v) is 4.18. The van der Waals surface area contributed by atoms with Crippen molar-refractivity contribution in [2.45, 2.75) is 18.9 Å². The molecule has 0 radical (unpaired) electrons. The average Bonchev–Trinajstić information content (AvgIpc) is 2.95. The minimum absolute atomic E-state index is 0.0616. The van der Waals surface area contributed by atoms with Gasteiger partial charge in [-0.25, -0.2) is 0 Å². The van der Waals surface area contributed by atoms with Gasteiger partial charge in [0.05, 0.1) is 22.5 Å². The predicted molar refractivity (Wildman–Crippen MR) is 85.2 cm³/mol. The van der Waals surface area contributed by atoms with Crippen molar-refractivity contribution in [3.63, 3.8) is 0 Å². The molecular weight excluding hydrogens is 302 g/mol. The van der Waals surface area contributed by atoms with Gasteiger partial charge in [-0.15, -0.1) is 0 Å². The van der Waals surface area contributed by atoms with Crippen molar-refractivity contribution in [1.29, 1.82) is 0 Å². The van der Waals surface area contributed by atoms with Crippen LogP contribution in [0.3, 0.4) is 0 Å². The Morgan fingerprint density at radius 2 is 2.14 bits per heavy atom. The molecule has 1 fully saturated rings. The number of halogens is 1. The average molecular weight is 320 g/mol. The molecule has 2 aromatic heterocycles. The lowest BCUT2D eigenvalue weighted by atomic mass is 10.0. The van der Waals surface area contributed by atoms with Crippen LogP contribution in [0.15, 0.2) is 30.9 Å². The largest absolute Gasteiger partial charge is 0.370 e. The molecule has 1 aliphatic heterocycles. The molecule has 0 bridgehead atoms. The normalized spacial score (nSPS) is 15.8. The maximum Gasteiger partial charge on any atom is 0.254 e. The number of pyridine rings is 1. The number of carbonyl (C=O) groups is 1. The zero-order valence-corrected chi connectivity index (χ0v) is 13.1. The lowest BCUT2D eigenvalue weighted by molar-refractivity contribution is 0.0931. The number of carbonyl (C=O) groups excluding carboxylic acids is 1. The van der Waals surface area contributed by atoms with E-state index in [0.29, 0.717) is 10.6 Å². The molecule has 2 aromatic rings. The molecule has 0 saturated carbocycles. The summed E-state index contributed by atoms with van der Waals surface area (Å²) in [6.07, 6.45) is 8.50. The summed E-state index contributed by atoms with van der Waals surface area (Å²) in [6, 6.07) is 2.11. The van der Waals surface area contributed by atoms with E-state index in [1.807, 2.05) is 6.07 Å². The summed E-state index contributed by atoms with van der Waals surface area (Å²) < 4.78 is 1.63. The van der Waals surface area contributed by atoms with Crippen molar-refractivity contribution in [3.8, 4) is 0 Å². The number of aryl methyl sites for hydroxylation is 1. The van der Waals surface area contributed by atoms with Crippen LogP contribution < -0.4 is 10.2 Å². The van der Waals surface area contributed by atoms with Gasteiger partial charge in [0.2, 0.25) is 0 Å². The number of rotatable bonds is 3. The highest BCUT2D eigenvalue weighted by Crippen LogP contribution is 2.27. The Morgan fingerprint density at radius 3 is 2.77 bits per heavy atom. The van der Waals surface area contributed by atoms with E-state index in [1.165, 1.54) is 0 Å². The summed E-state index contributed by atoms with van der Waals surface area (Å²) in [6.45, 7) is 1.73. The Balaban J connectivity index is 1.56. The first-order valence-corrected chi connectivity index (χ1v) is 7.65. The number of hydrogen-bond acceptors (Lipinski definition) is 4. The minimum atomic E-state index is -0.0616. The zero-order valence-electron chi connectivity index (χ0n) is 12.4. The molecule has 0 unspecified atom stereocenters. The first kappa shape index (κ1) is 14.8. The molecular formula is C15H18ClN5O. The second-order valence-electron chi connectivity index (χ2n) is 5.46. The molecule has 22 heavy (non-hydrogen) atoms. The fourth-order valence-corrected chi connectivity index (χ4v) is 2.94. The fraction of sp³-hybridized carbons (Fsp3) is 0.400. The van der Waals surface area contributed by atoms with Crippen molar-refractivity contribution in [1.82, 2.24) is 20.1 Å². The van der Waals surface area contributed by atoms with Crippen LogP contribution in [0, 0.1) is 0 Å². The highest BCUT2D eigenvalue weighted by atomic mass is 35.5. The van der Waals surface area contributed by atoms with Gasteiger partial charge in [0, 0.05) is 44.8 Å². The third-order valence-electron chi connectivity index (χ3n) is 3.89. The Labute approximate surface area is 134 Å². The first-order chi connectivity index (χ1) is 10.6. The topological polar surface area (TPSA) is 63.1 Å². The third kappa shape index (κ3) is 3.22. The summed E-state index contributed by atoms with van der Waals surface area (Å²) in [5, 5.41) is 7.76. The molecule has 0 spiro atoms. The van der Waals surface area contributed by atoms with Crippen LogP contribution in [-0.2, 0) is 7.05 Å². The summed E-state index contributed by atoms with van der Waals surface area (Å²) in [4.78, 5) is 18.4. The van der Waals surface area contributed by atoms with E-state index in [-0.39, 0.29) is 11.9 Å².